The Morgan fingerprint density at radius 3 is 2.70 bits per heavy atom. The summed E-state index contributed by atoms with van der Waals surface area (Å²) in [6, 6.07) is 8.19. The average molecular weight is 294 g/mol. The van der Waals surface area contributed by atoms with Crippen LogP contribution in [0.1, 0.15) is 51.8 Å². The van der Waals surface area contributed by atoms with E-state index in [0.29, 0.717) is 5.92 Å². The van der Waals surface area contributed by atoms with Gasteiger partial charge in [-0.3, -0.25) is 0 Å². The summed E-state index contributed by atoms with van der Waals surface area (Å²) in [7, 11) is 0. The molecule has 0 aliphatic carbocycles. The van der Waals surface area contributed by atoms with Gasteiger partial charge in [0.05, 0.1) is 6.04 Å². The van der Waals surface area contributed by atoms with Crippen LogP contribution in [0.4, 0.5) is 0 Å². The quantitative estimate of drug-likeness (QED) is 0.722. The normalized spacial score (nSPS) is 14.6. The molecule has 110 valence electrons. The van der Waals surface area contributed by atoms with Crippen molar-refractivity contribution in [2.75, 3.05) is 6.54 Å². The number of furan rings is 1. The van der Waals surface area contributed by atoms with E-state index in [1.807, 2.05) is 18.2 Å². The highest BCUT2D eigenvalue weighted by molar-refractivity contribution is 6.31. The number of halogens is 1. The minimum Gasteiger partial charge on any atom is -0.459 e. The van der Waals surface area contributed by atoms with E-state index in [1.165, 1.54) is 12.8 Å². The van der Waals surface area contributed by atoms with Gasteiger partial charge in [-0.15, -0.1) is 0 Å². The fourth-order valence-corrected chi connectivity index (χ4v) is 2.87. The monoisotopic (exact) mass is 293 g/mol. The van der Waals surface area contributed by atoms with Gasteiger partial charge in [0, 0.05) is 10.4 Å². The van der Waals surface area contributed by atoms with Gasteiger partial charge in [-0.1, -0.05) is 38.8 Å². The molecule has 2 atom stereocenters. The van der Waals surface area contributed by atoms with Gasteiger partial charge in [-0.25, -0.2) is 0 Å². The van der Waals surface area contributed by atoms with E-state index in [-0.39, 0.29) is 6.04 Å². The lowest BCUT2D eigenvalue weighted by molar-refractivity contribution is 0.317. The highest BCUT2D eigenvalue weighted by atomic mass is 35.5. The lowest BCUT2D eigenvalue weighted by atomic mass is 9.94. The lowest BCUT2D eigenvalue weighted by Gasteiger charge is -2.23. The van der Waals surface area contributed by atoms with E-state index in [9.17, 15) is 0 Å². The third-order valence-electron chi connectivity index (χ3n) is 3.73. The standard InChI is InChI=1S/C17H24ClNO/c1-4-6-12(3)17(19-9-5-2)16-11-13-10-14(18)7-8-15(13)20-16/h7-8,10-12,17,19H,4-6,9H2,1-3H3. The summed E-state index contributed by atoms with van der Waals surface area (Å²) in [5, 5.41) is 5.46. The van der Waals surface area contributed by atoms with Crippen LogP contribution in [0.15, 0.2) is 28.7 Å². The predicted octanol–water partition coefficient (Wildman–Crippen LogP) is 5.56. The molecule has 2 rings (SSSR count). The van der Waals surface area contributed by atoms with Crippen molar-refractivity contribution in [1.29, 1.82) is 0 Å². The molecule has 2 unspecified atom stereocenters. The second-order valence-electron chi connectivity index (χ2n) is 5.53. The van der Waals surface area contributed by atoms with Gasteiger partial charge >= 0.3 is 0 Å². The fourth-order valence-electron chi connectivity index (χ4n) is 2.69. The Balaban J connectivity index is 2.29. The highest BCUT2D eigenvalue weighted by Crippen LogP contribution is 2.31. The highest BCUT2D eigenvalue weighted by Gasteiger charge is 2.21. The molecule has 0 saturated carbocycles. The number of rotatable bonds is 7. The Morgan fingerprint density at radius 2 is 2.00 bits per heavy atom. The first-order chi connectivity index (χ1) is 9.65. The van der Waals surface area contributed by atoms with Crippen molar-refractivity contribution in [1.82, 2.24) is 5.32 Å². The number of hydrogen-bond acceptors (Lipinski definition) is 2. The van der Waals surface area contributed by atoms with E-state index in [2.05, 4.69) is 32.2 Å². The maximum absolute atomic E-state index is 6.05. The number of hydrogen-bond donors (Lipinski definition) is 1. The topological polar surface area (TPSA) is 25.2 Å². The first-order valence-corrected chi connectivity index (χ1v) is 7.95. The molecule has 0 saturated heterocycles. The maximum Gasteiger partial charge on any atom is 0.134 e. The van der Waals surface area contributed by atoms with Crippen molar-refractivity contribution in [2.24, 2.45) is 5.92 Å². The van der Waals surface area contributed by atoms with E-state index in [0.717, 1.165) is 34.7 Å². The molecule has 0 aliphatic heterocycles. The van der Waals surface area contributed by atoms with Crippen LogP contribution in [0.2, 0.25) is 5.02 Å². The van der Waals surface area contributed by atoms with Crippen LogP contribution in [0, 0.1) is 5.92 Å². The molecule has 0 spiro atoms. The number of fused-ring (bicyclic) bond motifs is 1. The van der Waals surface area contributed by atoms with E-state index in [4.69, 9.17) is 16.0 Å². The Morgan fingerprint density at radius 1 is 1.20 bits per heavy atom. The van der Waals surface area contributed by atoms with E-state index in [1.54, 1.807) is 0 Å². The largest absolute Gasteiger partial charge is 0.459 e. The molecule has 1 N–H and O–H groups in total. The minimum absolute atomic E-state index is 0.279. The van der Waals surface area contributed by atoms with Crippen molar-refractivity contribution >= 4 is 22.6 Å². The van der Waals surface area contributed by atoms with Crippen molar-refractivity contribution < 1.29 is 4.42 Å². The molecule has 2 aromatic rings. The molecule has 0 aliphatic rings. The van der Waals surface area contributed by atoms with Gasteiger partial charge in [-0.2, -0.15) is 0 Å². The van der Waals surface area contributed by atoms with Crippen LogP contribution in [-0.4, -0.2) is 6.54 Å². The molecule has 0 fully saturated rings. The second kappa shape index (κ2) is 7.14. The molecular weight excluding hydrogens is 270 g/mol. The SMILES string of the molecule is CCCNC(c1cc2cc(Cl)ccc2o1)C(C)CCC. The molecule has 1 aromatic carbocycles. The Hall–Kier alpha value is -0.990. The van der Waals surface area contributed by atoms with Crippen molar-refractivity contribution in [3.05, 3.63) is 35.0 Å². The van der Waals surface area contributed by atoms with Gasteiger partial charge in [0.15, 0.2) is 0 Å². The smallest absolute Gasteiger partial charge is 0.134 e. The van der Waals surface area contributed by atoms with Crippen molar-refractivity contribution in [2.45, 2.75) is 46.1 Å². The molecule has 0 radical (unpaired) electrons. The van der Waals surface area contributed by atoms with Crippen molar-refractivity contribution in [3.63, 3.8) is 0 Å². The van der Waals surface area contributed by atoms with E-state index < -0.39 is 0 Å². The van der Waals surface area contributed by atoms with Crippen LogP contribution < -0.4 is 5.32 Å². The Labute approximate surface area is 126 Å². The summed E-state index contributed by atoms with van der Waals surface area (Å²) >= 11 is 6.05. The summed E-state index contributed by atoms with van der Waals surface area (Å²) < 4.78 is 6.03. The Bertz CT molecular complexity index is 549. The maximum atomic E-state index is 6.05. The molecule has 20 heavy (non-hydrogen) atoms. The molecule has 0 bridgehead atoms. The fraction of sp³-hybridized carbons (Fsp3) is 0.529. The van der Waals surface area contributed by atoms with Gasteiger partial charge in [0.25, 0.3) is 0 Å². The predicted molar refractivity (Wildman–Crippen MR) is 86.3 cm³/mol. The Kier molecular flexibility index (Phi) is 5.50. The zero-order valence-electron chi connectivity index (χ0n) is 12.6. The zero-order valence-corrected chi connectivity index (χ0v) is 13.3. The third-order valence-corrected chi connectivity index (χ3v) is 3.97. The zero-order chi connectivity index (χ0) is 14.5. The summed E-state index contributed by atoms with van der Waals surface area (Å²) in [6.45, 7) is 7.71. The van der Waals surface area contributed by atoms with Gasteiger partial charge < -0.3 is 9.73 Å². The molecule has 1 heterocycles. The van der Waals surface area contributed by atoms with Crippen LogP contribution in [0.3, 0.4) is 0 Å². The van der Waals surface area contributed by atoms with Gasteiger partial charge in [0.2, 0.25) is 0 Å². The second-order valence-corrected chi connectivity index (χ2v) is 5.97. The third kappa shape index (κ3) is 3.56. The van der Waals surface area contributed by atoms with Crippen LogP contribution in [0.25, 0.3) is 11.0 Å². The van der Waals surface area contributed by atoms with Crippen LogP contribution in [0.5, 0.6) is 0 Å². The molecule has 3 heteroatoms. The van der Waals surface area contributed by atoms with Crippen LogP contribution >= 0.6 is 11.6 Å². The number of nitrogens with one attached hydrogen (secondary N) is 1. The molecule has 2 nitrogen and oxygen atoms in total. The van der Waals surface area contributed by atoms with Gasteiger partial charge in [0.1, 0.15) is 11.3 Å². The summed E-state index contributed by atoms with van der Waals surface area (Å²) in [5.41, 5.74) is 0.913. The summed E-state index contributed by atoms with van der Waals surface area (Å²) in [4.78, 5) is 0. The first kappa shape index (κ1) is 15.4. The summed E-state index contributed by atoms with van der Waals surface area (Å²) in [5.74, 6) is 1.58. The average Bonchev–Trinajstić information content (AvgIpc) is 2.82. The first-order valence-electron chi connectivity index (χ1n) is 7.58. The molecule has 1 aromatic heterocycles. The van der Waals surface area contributed by atoms with Crippen LogP contribution in [-0.2, 0) is 0 Å². The lowest BCUT2D eigenvalue weighted by Crippen LogP contribution is -2.27. The summed E-state index contributed by atoms with van der Waals surface area (Å²) in [6.07, 6.45) is 3.51. The number of benzene rings is 1. The molecular formula is C17H24ClNO. The van der Waals surface area contributed by atoms with Gasteiger partial charge in [-0.05, 0) is 49.6 Å². The van der Waals surface area contributed by atoms with Crippen molar-refractivity contribution in [3.8, 4) is 0 Å². The minimum atomic E-state index is 0.279. The molecule has 0 amide bonds. The van der Waals surface area contributed by atoms with E-state index >= 15 is 0 Å².